The Hall–Kier alpha value is -3.13. The molecule has 0 fully saturated rings. The van der Waals surface area contributed by atoms with Crippen molar-refractivity contribution >= 4 is 17.7 Å². The van der Waals surface area contributed by atoms with Crippen LogP contribution in [0, 0.1) is 4.77 Å². The van der Waals surface area contributed by atoms with Crippen LogP contribution in [0.3, 0.4) is 0 Å². The number of aromatic amines is 1. The van der Waals surface area contributed by atoms with Gasteiger partial charge < -0.3 is 4.74 Å². The fourth-order valence-corrected chi connectivity index (χ4v) is 3.12. The summed E-state index contributed by atoms with van der Waals surface area (Å²) >= 11 is 5.20. The van der Waals surface area contributed by atoms with E-state index in [9.17, 15) is 13.2 Å². The van der Waals surface area contributed by atoms with Gasteiger partial charge in [0, 0.05) is 11.8 Å². The first-order chi connectivity index (χ1) is 13.4. The number of H-pyrrole nitrogens is 1. The normalized spacial score (nSPS) is 11.7. The smallest absolute Gasteiger partial charge is 0.416 e. The van der Waals surface area contributed by atoms with Gasteiger partial charge in [0.2, 0.25) is 0 Å². The summed E-state index contributed by atoms with van der Waals surface area (Å²) in [6.45, 7) is 0.134. The number of aromatic nitrogens is 3. The van der Waals surface area contributed by atoms with E-state index in [1.165, 1.54) is 6.07 Å². The summed E-state index contributed by atoms with van der Waals surface area (Å²) in [7, 11) is 0. The Morgan fingerprint density at radius 1 is 1.04 bits per heavy atom. The van der Waals surface area contributed by atoms with Crippen molar-refractivity contribution in [3.05, 3.63) is 82.8 Å². The number of ether oxygens (including phenoxy) is 1. The van der Waals surface area contributed by atoms with Gasteiger partial charge in [0.1, 0.15) is 18.1 Å². The van der Waals surface area contributed by atoms with Gasteiger partial charge in [-0.05, 0) is 48.1 Å². The summed E-state index contributed by atoms with van der Waals surface area (Å²) in [5.74, 6) is 0.0970. The van der Waals surface area contributed by atoms with E-state index in [1.807, 2.05) is 30.3 Å². The number of alkyl halides is 3. The van der Waals surface area contributed by atoms with Crippen LogP contribution in [-0.2, 0) is 12.8 Å². The van der Waals surface area contributed by atoms with Crippen LogP contribution in [0.15, 0.2) is 66.9 Å². The highest BCUT2D eigenvalue weighted by molar-refractivity contribution is 7.71. The molecule has 4 aromatic rings. The topological polar surface area (TPSA) is 42.3 Å². The zero-order valence-electron chi connectivity index (χ0n) is 14.4. The molecular formula is C20H14F3N3OS. The van der Waals surface area contributed by atoms with Crippen molar-refractivity contribution in [3.8, 4) is 17.0 Å². The Morgan fingerprint density at radius 2 is 1.82 bits per heavy atom. The van der Waals surface area contributed by atoms with Crippen LogP contribution in [0.2, 0.25) is 0 Å². The van der Waals surface area contributed by atoms with Crippen LogP contribution in [0.1, 0.15) is 11.1 Å². The van der Waals surface area contributed by atoms with Gasteiger partial charge in [-0.2, -0.15) is 18.3 Å². The SMILES string of the molecule is FC(F)(F)c1ccc(-c2n[nH]c(=S)n3cccc23)c(OCc2ccccc2)c1. The Labute approximate surface area is 163 Å². The quantitative estimate of drug-likeness (QED) is 0.449. The van der Waals surface area contributed by atoms with Crippen LogP contribution in [-0.4, -0.2) is 14.6 Å². The predicted octanol–water partition coefficient (Wildman–Crippen LogP) is 5.66. The second kappa shape index (κ2) is 7.12. The Balaban J connectivity index is 1.82. The maximum Gasteiger partial charge on any atom is 0.416 e. The van der Waals surface area contributed by atoms with Gasteiger partial charge in [-0.15, -0.1) is 0 Å². The highest BCUT2D eigenvalue weighted by Crippen LogP contribution is 2.38. The minimum atomic E-state index is -4.47. The molecule has 0 spiro atoms. The van der Waals surface area contributed by atoms with Gasteiger partial charge in [-0.1, -0.05) is 30.3 Å². The van der Waals surface area contributed by atoms with Crippen molar-refractivity contribution in [2.45, 2.75) is 12.8 Å². The van der Waals surface area contributed by atoms with E-state index in [0.717, 1.165) is 17.7 Å². The monoisotopic (exact) mass is 401 g/mol. The molecule has 0 saturated heterocycles. The van der Waals surface area contributed by atoms with E-state index in [-0.39, 0.29) is 12.4 Å². The Morgan fingerprint density at radius 3 is 2.57 bits per heavy atom. The molecular weight excluding hydrogens is 387 g/mol. The highest BCUT2D eigenvalue weighted by Gasteiger charge is 2.31. The van der Waals surface area contributed by atoms with E-state index in [4.69, 9.17) is 17.0 Å². The molecule has 0 aliphatic rings. The summed E-state index contributed by atoms with van der Waals surface area (Å²) in [5, 5.41) is 6.97. The minimum Gasteiger partial charge on any atom is -0.488 e. The maximum atomic E-state index is 13.2. The number of rotatable bonds is 4. The fourth-order valence-electron chi connectivity index (χ4n) is 2.91. The number of hydrogen-bond donors (Lipinski definition) is 1. The molecule has 2 aromatic heterocycles. The number of hydrogen-bond acceptors (Lipinski definition) is 3. The standard InChI is InChI=1S/C20H14F3N3OS/c21-20(22,23)14-8-9-15(17(11-14)27-12-13-5-2-1-3-6-13)18-16-7-4-10-26(16)19(28)25-24-18/h1-11H,12H2,(H,25,28). The van der Waals surface area contributed by atoms with E-state index < -0.39 is 11.7 Å². The van der Waals surface area contributed by atoms with Gasteiger partial charge in [0.05, 0.1) is 11.1 Å². The first-order valence-electron chi connectivity index (χ1n) is 8.37. The average Bonchev–Trinajstić information content (AvgIpc) is 3.18. The lowest BCUT2D eigenvalue weighted by Crippen LogP contribution is -2.07. The van der Waals surface area contributed by atoms with Gasteiger partial charge in [0.15, 0.2) is 4.77 Å². The molecule has 0 unspecified atom stereocenters. The molecule has 0 amide bonds. The van der Waals surface area contributed by atoms with Crippen LogP contribution in [0.5, 0.6) is 5.75 Å². The van der Waals surface area contributed by atoms with Gasteiger partial charge >= 0.3 is 6.18 Å². The molecule has 1 N–H and O–H groups in total. The molecule has 0 aliphatic carbocycles. The molecule has 0 aliphatic heterocycles. The Kier molecular flexibility index (Phi) is 4.64. The summed E-state index contributed by atoms with van der Waals surface area (Å²) in [4.78, 5) is 0. The first kappa shape index (κ1) is 18.2. The highest BCUT2D eigenvalue weighted by atomic mass is 32.1. The van der Waals surface area contributed by atoms with Crippen molar-refractivity contribution in [3.63, 3.8) is 0 Å². The molecule has 0 saturated carbocycles. The lowest BCUT2D eigenvalue weighted by Gasteiger charge is -2.15. The number of halogens is 3. The predicted molar refractivity (Wildman–Crippen MR) is 102 cm³/mol. The van der Waals surface area contributed by atoms with E-state index in [2.05, 4.69) is 10.2 Å². The third-order valence-electron chi connectivity index (χ3n) is 4.27. The zero-order chi connectivity index (χ0) is 19.7. The molecule has 0 bridgehead atoms. The number of nitrogens with zero attached hydrogens (tertiary/aromatic N) is 2. The van der Waals surface area contributed by atoms with Crippen LogP contribution in [0.4, 0.5) is 13.2 Å². The van der Waals surface area contributed by atoms with E-state index >= 15 is 0 Å². The minimum absolute atomic E-state index is 0.0970. The third kappa shape index (κ3) is 3.50. The molecule has 8 heteroatoms. The number of benzene rings is 2. The molecule has 0 radical (unpaired) electrons. The van der Waals surface area contributed by atoms with Crippen molar-refractivity contribution in [1.29, 1.82) is 0 Å². The molecule has 2 aromatic carbocycles. The summed E-state index contributed by atoms with van der Waals surface area (Å²) in [5.41, 5.74) is 1.64. The largest absolute Gasteiger partial charge is 0.488 e. The lowest BCUT2D eigenvalue weighted by molar-refractivity contribution is -0.137. The van der Waals surface area contributed by atoms with E-state index in [1.54, 1.807) is 22.7 Å². The summed E-state index contributed by atoms with van der Waals surface area (Å²) in [6, 6.07) is 16.2. The molecule has 142 valence electrons. The fraction of sp³-hybridized carbons (Fsp3) is 0.100. The van der Waals surface area contributed by atoms with E-state index in [0.29, 0.717) is 21.5 Å². The van der Waals surface area contributed by atoms with Crippen molar-refractivity contribution < 1.29 is 17.9 Å². The lowest BCUT2D eigenvalue weighted by atomic mass is 10.1. The van der Waals surface area contributed by atoms with Gasteiger partial charge in [0.25, 0.3) is 0 Å². The zero-order valence-corrected chi connectivity index (χ0v) is 15.2. The van der Waals surface area contributed by atoms with Gasteiger partial charge in [-0.3, -0.25) is 9.50 Å². The van der Waals surface area contributed by atoms with Crippen molar-refractivity contribution in [1.82, 2.24) is 14.6 Å². The maximum absolute atomic E-state index is 13.2. The van der Waals surface area contributed by atoms with Crippen LogP contribution in [0.25, 0.3) is 16.8 Å². The molecule has 4 nitrogen and oxygen atoms in total. The Bertz CT molecular complexity index is 1180. The van der Waals surface area contributed by atoms with Crippen LogP contribution < -0.4 is 4.74 Å². The molecule has 2 heterocycles. The second-order valence-electron chi connectivity index (χ2n) is 6.12. The summed E-state index contributed by atoms with van der Waals surface area (Å²) in [6.07, 6.45) is -2.72. The van der Waals surface area contributed by atoms with Gasteiger partial charge in [-0.25, -0.2) is 0 Å². The number of nitrogens with one attached hydrogen (secondary N) is 1. The van der Waals surface area contributed by atoms with Crippen molar-refractivity contribution in [2.24, 2.45) is 0 Å². The molecule has 4 rings (SSSR count). The second-order valence-corrected chi connectivity index (χ2v) is 6.51. The summed E-state index contributed by atoms with van der Waals surface area (Å²) < 4.78 is 47.6. The molecule has 0 atom stereocenters. The first-order valence-corrected chi connectivity index (χ1v) is 8.78. The average molecular weight is 401 g/mol. The third-order valence-corrected chi connectivity index (χ3v) is 4.56. The van der Waals surface area contributed by atoms with Crippen LogP contribution >= 0.6 is 12.2 Å². The van der Waals surface area contributed by atoms with Crippen molar-refractivity contribution in [2.75, 3.05) is 0 Å². The molecule has 28 heavy (non-hydrogen) atoms. The number of fused-ring (bicyclic) bond motifs is 1.